The molecule has 0 atom stereocenters. The third-order valence-corrected chi connectivity index (χ3v) is 15.1. The highest BCUT2D eigenvalue weighted by Crippen LogP contribution is 2.39. The van der Waals surface area contributed by atoms with E-state index in [0.717, 1.165) is 37.5 Å². The van der Waals surface area contributed by atoms with Crippen LogP contribution in [0.1, 0.15) is 25.7 Å². The van der Waals surface area contributed by atoms with Crippen molar-refractivity contribution in [1.29, 1.82) is 0 Å². The number of hydrogen-bond donors (Lipinski definition) is 14. The molecule has 0 radical (unpaired) electrons. The van der Waals surface area contributed by atoms with Crippen LogP contribution in [-0.4, -0.2) is 116 Å². The van der Waals surface area contributed by atoms with Crippen molar-refractivity contribution in [1.82, 2.24) is 15.0 Å². The Morgan fingerprint density at radius 2 is 1.23 bits per heavy atom. The number of aromatic nitrogens is 3. The lowest BCUT2D eigenvalue weighted by molar-refractivity contribution is -0.185. The van der Waals surface area contributed by atoms with Gasteiger partial charge in [-0.2, -0.15) is 63.2 Å². The molecule has 0 unspecified atom stereocenters. The number of carbonyl (C=O) groups is 1. The van der Waals surface area contributed by atoms with Gasteiger partial charge in [0.25, 0.3) is 40.5 Å². The molecule has 33 nitrogen and oxygen atoms in total. The van der Waals surface area contributed by atoms with E-state index in [1.165, 1.54) is 42.5 Å². The van der Waals surface area contributed by atoms with E-state index in [9.17, 15) is 60.9 Å². The Balaban J connectivity index is 1.34. The van der Waals surface area contributed by atoms with E-state index in [4.69, 9.17) is 35.2 Å². The molecule has 6 rings (SSSR count). The average molecular weight is 1220 g/mol. The van der Waals surface area contributed by atoms with E-state index in [-0.39, 0.29) is 52.0 Å². The number of amides is 2. The molecule has 79 heavy (non-hydrogen) atoms. The summed E-state index contributed by atoms with van der Waals surface area (Å²) < 4.78 is 181. The normalized spacial score (nSPS) is 13.1. The summed E-state index contributed by atoms with van der Waals surface area (Å²) in [4.78, 5) is 26.4. The van der Waals surface area contributed by atoms with Gasteiger partial charge < -0.3 is 38.5 Å². The van der Waals surface area contributed by atoms with Crippen molar-refractivity contribution >= 4 is 143 Å². The number of nitrogens with two attached hydrogens (primary N) is 3. The molecule has 0 aliphatic carbocycles. The number of anilines is 7. The number of carbonyl (C=O) groups excluding carboxylic acids is 1. The Kier molecular flexibility index (Phi) is 19.0. The van der Waals surface area contributed by atoms with Gasteiger partial charge in [-0.15, -0.1) is 10.2 Å². The van der Waals surface area contributed by atoms with Crippen LogP contribution in [0.25, 0.3) is 10.8 Å². The van der Waals surface area contributed by atoms with Gasteiger partial charge in [0.05, 0.1) is 57.7 Å². The molecule has 6 aromatic rings. The number of nitrogens with one attached hydrogen (secondary N) is 4. The summed E-state index contributed by atoms with van der Waals surface area (Å²) in [6.07, 6.45) is 3.09. The summed E-state index contributed by atoms with van der Waals surface area (Å²) in [6.45, 7) is 0.219. The molecular weight excluding hydrogens is 1170 g/mol. The van der Waals surface area contributed by atoms with Gasteiger partial charge in [-0.05, 0) is 98.2 Å². The third kappa shape index (κ3) is 18.2. The highest BCUT2D eigenvalue weighted by atomic mass is 32.3. The van der Waals surface area contributed by atoms with Crippen LogP contribution in [-0.2, 0) is 59.6 Å². The van der Waals surface area contributed by atoms with Crippen molar-refractivity contribution in [2.24, 2.45) is 31.9 Å². The molecule has 39 heteroatoms. The second kappa shape index (κ2) is 24.5. The minimum atomic E-state index is -5.79. The Hall–Kier alpha value is -7.06. The third-order valence-electron chi connectivity index (χ3n) is 10.1. The Labute approximate surface area is 452 Å². The zero-order chi connectivity index (χ0) is 58.2. The molecule has 1 aromatic heterocycles. The summed E-state index contributed by atoms with van der Waals surface area (Å²) in [7, 11) is -26.6. The Morgan fingerprint density at radius 1 is 0.633 bits per heavy atom. The first-order chi connectivity index (χ1) is 36.7. The largest absolute Gasteiger partial charge is 0.398 e. The van der Waals surface area contributed by atoms with Crippen LogP contribution in [0.15, 0.2) is 124 Å². The van der Waals surface area contributed by atoms with Gasteiger partial charge in [0.1, 0.15) is 26.1 Å². The maximum absolute atomic E-state index is 12.5. The van der Waals surface area contributed by atoms with Gasteiger partial charge in [0.15, 0.2) is 9.91 Å². The van der Waals surface area contributed by atoms with Gasteiger partial charge in [0.2, 0.25) is 17.8 Å². The van der Waals surface area contributed by atoms with Crippen LogP contribution >= 0.6 is 12.0 Å². The molecule has 0 aliphatic heterocycles. The van der Waals surface area contributed by atoms with Crippen molar-refractivity contribution in [3.63, 3.8) is 0 Å². The number of fused-ring (bicyclic) bond motifs is 1. The van der Waals surface area contributed by atoms with Crippen molar-refractivity contribution in [3.05, 3.63) is 78.9 Å². The molecule has 5 aromatic carbocycles. The predicted molar refractivity (Wildman–Crippen MR) is 285 cm³/mol. The molecule has 0 spiro atoms. The van der Waals surface area contributed by atoms with Gasteiger partial charge >= 0.3 is 6.03 Å². The van der Waals surface area contributed by atoms with Gasteiger partial charge in [0, 0.05) is 27.9 Å². The van der Waals surface area contributed by atoms with Crippen LogP contribution in [0.5, 0.6) is 0 Å². The number of azo groups is 2. The van der Waals surface area contributed by atoms with Crippen molar-refractivity contribution in [3.8, 4) is 0 Å². The summed E-state index contributed by atoms with van der Waals surface area (Å²) in [5.41, 5.74) is 15.9. The summed E-state index contributed by atoms with van der Waals surface area (Å²) in [5, 5.41) is 26.0. The highest BCUT2D eigenvalue weighted by Gasteiger charge is 2.27. The lowest BCUT2D eigenvalue weighted by Crippen LogP contribution is -2.36. The number of hydrogen-bond acceptors (Lipinski definition) is 25. The standard InChI is InChI=1S/C40H46N14O19S6/c41-11-3-1-2-4-12-44-38-48-39(50-40(49-38)47-32-20-29(42)36(78(65,66)67)21-33(32)54-51-22-5-8-25(9-6-22)74-73-72-13-14-79(68,69,70)71)45-23-7-10-30(31(16-23)46-37(43)55)53-52-24-15-27-28(34(17-24)76(59,60)61)18-26(75(56,57)58)19-35(27)77(62,63)64/h5-10,15-21H,1-4,11-14,41-42H2,(H3,43,46,55)(H,56,57,58)(H,59,60,61)(H,62,63,64)(H,65,66,67)(H3,68,69,70,71)(H3,44,45,47,48,49,50). The maximum Gasteiger partial charge on any atom is 0.316 e. The number of primary amides is 1. The highest BCUT2D eigenvalue weighted by molar-refractivity contribution is 8.05. The van der Waals surface area contributed by atoms with E-state index in [1.54, 1.807) is 0 Å². The zero-order valence-corrected chi connectivity index (χ0v) is 44.9. The van der Waals surface area contributed by atoms with Gasteiger partial charge in [-0.1, -0.05) is 12.8 Å². The topological polar surface area (TPSA) is 545 Å². The minimum absolute atomic E-state index is 0.0112. The first-order valence-corrected chi connectivity index (χ1v) is 30.4. The second-order valence-corrected chi connectivity index (χ2v) is 24.9. The molecule has 0 fully saturated rings. The molecule has 0 bridgehead atoms. The van der Waals surface area contributed by atoms with Crippen LogP contribution in [0.3, 0.4) is 0 Å². The molecule has 2 amide bonds. The fraction of sp³-hybridized carbons (Fsp3) is 0.200. The predicted octanol–water partition coefficient (Wildman–Crippen LogP) is 6.53. The minimum Gasteiger partial charge on any atom is -0.398 e. The van der Waals surface area contributed by atoms with Crippen LogP contribution in [0.4, 0.5) is 68.1 Å². The van der Waals surface area contributed by atoms with Gasteiger partial charge in [-0.25, -0.2) is 13.9 Å². The molecule has 17 N–H and O–H groups in total. The van der Waals surface area contributed by atoms with Crippen LogP contribution < -0.4 is 38.5 Å². The monoisotopic (exact) mass is 1220 g/mol. The smallest absolute Gasteiger partial charge is 0.316 e. The van der Waals surface area contributed by atoms with Gasteiger partial charge in [-0.3, -0.25) is 31.9 Å². The number of unbranched alkanes of at least 4 members (excludes halogenated alkanes) is 3. The molecule has 1 heterocycles. The van der Waals surface area contributed by atoms with E-state index < -0.39 is 111 Å². The van der Waals surface area contributed by atoms with E-state index in [2.05, 4.69) is 61.6 Å². The molecule has 0 saturated carbocycles. The lowest BCUT2D eigenvalue weighted by Gasteiger charge is -2.21. The molecule has 0 aliphatic rings. The van der Waals surface area contributed by atoms with Crippen LogP contribution in [0, 0.1) is 0 Å². The number of nitrogen functional groups attached to an aromatic ring is 1. The lowest BCUT2D eigenvalue weighted by atomic mass is 10.1. The SMILES string of the molecule is NCCCCCCNc1nc(Nc2ccc(N=Nc3cc(S(=O)(=O)O)c4cc(S(=O)(=O)O)cc(S(=O)(=O)O)c4c3)c(NC(N)=O)c2)nc(Nc2cc(N)c(S(=O)(=O)O)cc2N=Nc2ccc(SOOCCS(=O)(O)(O)O)cc2)n1. The maximum atomic E-state index is 12.5. The first-order valence-electron chi connectivity index (χ1n) is 21.9. The summed E-state index contributed by atoms with van der Waals surface area (Å²) >= 11 is 0.651. The van der Waals surface area contributed by atoms with E-state index in [1.807, 2.05) is 0 Å². The van der Waals surface area contributed by atoms with Crippen molar-refractivity contribution in [2.75, 3.05) is 52.5 Å². The number of urea groups is 1. The summed E-state index contributed by atoms with van der Waals surface area (Å²) in [6, 6.07) is 13.0. The quantitative estimate of drug-likeness (QED) is 0.00522. The van der Waals surface area contributed by atoms with Crippen LogP contribution in [0.2, 0.25) is 0 Å². The average Bonchev–Trinajstić information content (AvgIpc) is 3.40. The second-order valence-electron chi connectivity index (χ2n) is 16.2. The zero-order valence-electron chi connectivity index (χ0n) is 40.0. The number of nitrogens with zero attached hydrogens (tertiary/aromatic N) is 7. The first kappa shape index (κ1) is 61.2. The van der Waals surface area contributed by atoms with Crippen molar-refractivity contribution < 1.29 is 83.8 Å². The van der Waals surface area contributed by atoms with E-state index >= 15 is 0 Å². The number of benzene rings is 5. The Bertz CT molecular complexity index is 3900. The fourth-order valence-corrected chi connectivity index (χ4v) is 10.1. The molecular formula is C40H46N14O19S6. The Morgan fingerprint density at radius 3 is 1.85 bits per heavy atom. The molecule has 426 valence electrons. The number of rotatable bonds is 26. The fourth-order valence-electron chi connectivity index (χ4n) is 6.62. The van der Waals surface area contributed by atoms with Crippen molar-refractivity contribution in [2.45, 2.75) is 50.2 Å². The van der Waals surface area contributed by atoms with E-state index in [0.29, 0.717) is 54.6 Å². The summed E-state index contributed by atoms with van der Waals surface area (Å²) in [5.74, 6) is -1.45. The molecule has 0 saturated heterocycles.